The van der Waals surface area contributed by atoms with Crippen LogP contribution in [0, 0.1) is 0 Å². The maximum absolute atomic E-state index is 13.6. The van der Waals surface area contributed by atoms with Gasteiger partial charge in [-0.25, -0.2) is 0 Å². The molecule has 0 aliphatic carbocycles. The van der Waals surface area contributed by atoms with Crippen molar-refractivity contribution in [2.75, 3.05) is 24.0 Å². The van der Waals surface area contributed by atoms with Gasteiger partial charge in [-0.05, 0) is 36.4 Å². The largest absolute Gasteiger partial charge is 0.493 e. The summed E-state index contributed by atoms with van der Waals surface area (Å²) in [6, 6.07) is 18.2. The molecule has 30 heavy (non-hydrogen) atoms. The Labute approximate surface area is 181 Å². The molecule has 0 aromatic heterocycles. The van der Waals surface area contributed by atoms with Crippen LogP contribution in [-0.4, -0.2) is 26.0 Å². The molecule has 0 radical (unpaired) electrons. The third-order valence-corrected chi connectivity index (χ3v) is 5.97. The first kappa shape index (κ1) is 18.7. The summed E-state index contributed by atoms with van der Waals surface area (Å²) in [4.78, 5) is 30.5. The van der Waals surface area contributed by atoms with Crippen LogP contribution in [0.5, 0.6) is 11.5 Å². The summed E-state index contributed by atoms with van der Waals surface area (Å²) in [6.07, 6.45) is -0.621. The number of fused-ring (bicyclic) bond motifs is 5. The second-order valence-corrected chi connectivity index (χ2v) is 7.90. The molecule has 150 valence electrons. The zero-order chi connectivity index (χ0) is 21.0. The van der Waals surface area contributed by atoms with Gasteiger partial charge in [0.1, 0.15) is 6.17 Å². The number of amides is 2. The maximum Gasteiger partial charge on any atom is 0.264 e. The molecule has 6 nitrogen and oxygen atoms in total. The number of carbonyl (C=O) groups excluding carboxylic acids is 2. The van der Waals surface area contributed by atoms with Gasteiger partial charge >= 0.3 is 0 Å². The molecular formula is C23H17BrN2O4. The molecule has 0 saturated heterocycles. The zero-order valence-electron chi connectivity index (χ0n) is 16.3. The van der Waals surface area contributed by atoms with Crippen LogP contribution in [0.25, 0.3) is 0 Å². The van der Waals surface area contributed by atoms with E-state index in [1.165, 1.54) is 14.2 Å². The molecule has 0 bridgehead atoms. The fraction of sp³-hybridized carbons (Fsp3) is 0.130. The Kier molecular flexibility index (Phi) is 4.29. The van der Waals surface area contributed by atoms with E-state index in [0.29, 0.717) is 39.6 Å². The lowest BCUT2D eigenvalue weighted by molar-refractivity contribution is 0.0948. The maximum atomic E-state index is 13.6. The lowest BCUT2D eigenvalue weighted by atomic mass is 10.0. The molecule has 5 rings (SSSR count). The normalized spacial score (nSPS) is 16.8. The predicted molar refractivity (Wildman–Crippen MR) is 116 cm³/mol. The van der Waals surface area contributed by atoms with Crippen molar-refractivity contribution in [3.8, 4) is 11.5 Å². The van der Waals surface area contributed by atoms with Crippen LogP contribution in [-0.2, 0) is 0 Å². The molecule has 1 atom stereocenters. The number of benzene rings is 3. The highest BCUT2D eigenvalue weighted by Gasteiger charge is 2.50. The van der Waals surface area contributed by atoms with E-state index in [0.717, 1.165) is 4.47 Å². The van der Waals surface area contributed by atoms with E-state index in [1.807, 2.05) is 36.4 Å². The SMILES string of the molecule is COc1ccc2c(c1OC)C(=O)N1c3ccccc3C(=O)N(c3cccc(Br)c3)C21. The predicted octanol–water partition coefficient (Wildman–Crippen LogP) is 4.79. The van der Waals surface area contributed by atoms with Gasteiger partial charge < -0.3 is 9.47 Å². The summed E-state index contributed by atoms with van der Waals surface area (Å²) in [5, 5.41) is 0. The Morgan fingerprint density at radius 1 is 0.867 bits per heavy atom. The average Bonchev–Trinajstić information content (AvgIpc) is 3.06. The van der Waals surface area contributed by atoms with E-state index in [4.69, 9.17) is 9.47 Å². The molecule has 2 aliphatic heterocycles. The Balaban J connectivity index is 1.81. The van der Waals surface area contributed by atoms with Crippen molar-refractivity contribution in [2.45, 2.75) is 6.17 Å². The average molecular weight is 465 g/mol. The topological polar surface area (TPSA) is 59.1 Å². The molecule has 3 aromatic rings. The highest BCUT2D eigenvalue weighted by atomic mass is 79.9. The Bertz CT molecular complexity index is 1210. The summed E-state index contributed by atoms with van der Waals surface area (Å²) < 4.78 is 11.8. The van der Waals surface area contributed by atoms with Gasteiger partial charge in [-0.3, -0.25) is 19.4 Å². The third-order valence-electron chi connectivity index (χ3n) is 5.48. The number of hydrogen-bond donors (Lipinski definition) is 0. The van der Waals surface area contributed by atoms with E-state index in [2.05, 4.69) is 15.9 Å². The zero-order valence-corrected chi connectivity index (χ0v) is 17.8. The van der Waals surface area contributed by atoms with Crippen molar-refractivity contribution < 1.29 is 19.1 Å². The number of para-hydroxylation sites is 1. The van der Waals surface area contributed by atoms with E-state index in [-0.39, 0.29) is 11.8 Å². The fourth-order valence-electron chi connectivity index (χ4n) is 4.23. The van der Waals surface area contributed by atoms with Gasteiger partial charge in [0.05, 0.1) is 31.0 Å². The summed E-state index contributed by atoms with van der Waals surface area (Å²) in [5.41, 5.74) is 2.85. The van der Waals surface area contributed by atoms with Gasteiger partial charge in [0.25, 0.3) is 11.8 Å². The van der Waals surface area contributed by atoms with Gasteiger partial charge in [-0.2, -0.15) is 0 Å². The van der Waals surface area contributed by atoms with Gasteiger partial charge in [0, 0.05) is 15.7 Å². The molecule has 0 fully saturated rings. The van der Waals surface area contributed by atoms with Crippen LogP contribution in [0.2, 0.25) is 0 Å². The van der Waals surface area contributed by atoms with Crippen LogP contribution in [0.15, 0.2) is 65.1 Å². The second kappa shape index (κ2) is 6.88. The molecule has 0 spiro atoms. The number of hydrogen-bond acceptors (Lipinski definition) is 4. The quantitative estimate of drug-likeness (QED) is 0.559. The fourth-order valence-corrected chi connectivity index (χ4v) is 4.62. The molecular weight excluding hydrogens is 448 g/mol. The second-order valence-electron chi connectivity index (χ2n) is 6.99. The number of methoxy groups -OCH3 is 2. The minimum absolute atomic E-state index is 0.166. The van der Waals surface area contributed by atoms with Crippen LogP contribution in [0.1, 0.15) is 32.4 Å². The Morgan fingerprint density at radius 2 is 1.67 bits per heavy atom. The molecule has 7 heteroatoms. The first-order chi connectivity index (χ1) is 14.6. The van der Waals surface area contributed by atoms with Crippen molar-refractivity contribution >= 4 is 39.1 Å². The van der Waals surface area contributed by atoms with Crippen molar-refractivity contribution in [1.29, 1.82) is 0 Å². The lowest BCUT2D eigenvalue weighted by Crippen LogP contribution is -2.48. The van der Waals surface area contributed by atoms with E-state index in [1.54, 1.807) is 34.1 Å². The van der Waals surface area contributed by atoms with E-state index < -0.39 is 6.17 Å². The van der Waals surface area contributed by atoms with Crippen molar-refractivity contribution in [2.24, 2.45) is 0 Å². The number of nitrogens with zero attached hydrogens (tertiary/aromatic N) is 2. The number of rotatable bonds is 3. The van der Waals surface area contributed by atoms with Crippen LogP contribution in [0.4, 0.5) is 11.4 Å². The summed E-state index contributed by atoms with van der Waals surface area (Å²) in [6.45, 7) is 0. The summed E-state index contributed by atoms with van der Waals surface area (Å²) >= 11 is 3.48. The number of anilines is 2. The van der Waals surface area contributed by atoms with Gasteiger partial charge in [-0.1, -0.05) is 40.2 Å². The first-order valence-corrected chi connectivity index (χ1v) is 10.1. The highest BCUT2D eigenvalue weighted by molar-refractivity contribution is 9.10. The Hall–Kier alpha value is -3.32. The third kappa shape index (κ3) is 2.48. The van der Waals surface area contributed by atoms with E-state index in [9.17, 15) is 9.59 Å². The van der Waals surface area contributed by atoms with Crippen molar-refractivity contribution in [3.63, 3.8) is 0 Å². The molecule has 3 aromatic carbocycles. The van der Waals surface area contributed by atoms with Crippen molar-refractivity contribution in [1.82, 2.24) is 0 Å². The highest BCUT2D eigenvalue weighted by Crippen LogP contribution is 2.50. The van der Waals surface area contributed by atoms with Gasteiger partial charge in [-0.15, -0.1) is 0 Å². The number of carbonyl (C=O) groups is 2. The minimum atomic E-state index is -0.621. The summed E-state index contributed by atoms with van der Waals surface area (Å²) in [7, 11) is 3.04. The molecule has 1 unspecified atom stereocenters. The van der Waals surface area contributed by atoms with E-state index >= 15 is 0 Å². The van der Waals surface area contributed by atoms with Crippen LogP contribution in [0.3, 0.4) is 0 Å². The molecule has 0 N–H and O–H groups in total. The molecule has 2 amide bonds. The lowest BCUT2D eigenvalue weighted by Gasteiger charge is -2.40. The Morgan fingerprint density at radius 3 is 2.40 bits per heavy atom. The van der Waals surface area contributed by atoms with Crippen molar-refractivity contribution in [3.05, 3.63) is 81.8 Å². The molecule has 2 aliphatic rings. The van der Waals surface area contributed by atoms with Gasteiger partial charge in [0.2, 0.25) is 0 Å². The smallest absolute Gasteiger partial charge is 0.264 e. The minimum Gasteiger partial charge on any atom is -0.493 e. The monoisotopic (exact) mass is 464 g/mol. The molecule has 2 heterocycles. The standard InChI is InChI=1S/C23H17BrN2O4/c1-29-18-11-10-16-19(20(18)30-2)23(28)26-17-9-4-3-8-15(17)22(27)25(21(16)26)14-7-5-6-13(24)12-14/h3-12,21H,1-2H3. The number of ether oxygens (including phenoxy) is 2. The summed E-state index contributed by atoms with van der Waals surface area (Å²) in [5.74, 6) is 0.442. The molecule has 0 saturated carbocycles. The van der Waals surface area contributed by atoms with Crippen LogP contribution < -0.4 is 19.3 Å². The van der Waals surface area contributed by atoms with Crippen LogP contribution >= 0.6 is 15.9 Å². The number of halogens is 1. The first-order valence-electron chi connectivity index (χ1n) is 9.33. The van der Waals surface area contributed by atoms with Gasteiger partial charge in [0.15, 0.2) is 11.5 Å².